The molecule has 0 saturated carbocycles. The summed E-state index contributed by atoms with van der Waals surface area (Å²) in [6, 6.07) is 6.30. The molecule has 10 heteroatoms. The van der Waals surface area contributed by atoms with E-state index in [1.165, 1.54) is 40.6 Å². The Morgan fingerprint density at radius 1 is 0.643 bits per heavy atom. The van der Waals surface area contributed by atoms with Gasteiger partial charge in [0.1, 0.15) is 45.0 Å². The second-order valence-corrected chi connectivity index (χ2v) is 9.96. The molecule has 0 saturated heterocycles. The van der Waals surface area contributed by atoms with Crippen molar-refractivity contribution in [1.29, 1.82) is 0 Å². The number of aryl methyl sites for hydroxylation is 4. The first kappa shape index (κ1) is 30.4. The number of hydrogen-bond acceptors (Lipinski definition) is 10. The van der Waals surface area contributed by atoms with E-state index in [-0.39, 0.29) is 57.6 Å². The van der Waals surface area contributed by atoms with Crippen molar-refractivity contribution in [3.63, 3.8) is 0 Å². The van der Waals surface area contributed by atoms with Gasteiger partial charge in [0, 0.05) is 48.9 Å². The van der Waals surface area contributed by atoms with E-state index in [0.29, 0.717) is 59.8 Å². The molecular formula is C32H34O10. The third-order valence-electron chi connectivity index (χ3n) is 7.18. The lowest BCUT2D eigenvalue weighted by atomic mass is 9.91. The first-order valence-corrected chi connectivity index (χ1v) is 13.6. The molecule has 222 valence electrons. The van der Waals surface area contributed by atoms with Crippen LogP contribution in [0.4, 0.5) is 0 Å². The predicted molar refractivity (Wildman–Crippen MR) is 156 cm³/mol. The van der Waals surface area contributed by atoms with Gasteiger partial charge in [0.2, 0.25) is 0 Å². The van der Waals surface area contributed by atoms with E-state index in [1.807, 2.05) is 13.8 Å². The molecular weight excluding hydrogens is 544 g/mol. The van der Waals surface area contributed by atoms with E-state index in [0.717, 1.165) is 11.1 Å². The largest absolute Gasteiger partial charge is 0.496 e. The fraction of sp³-hybridized carbons (Fsp3) is 0.375. The minimum absolute atomic E-state index is 0.175. The molecule has 0 fully saturated rings. The Kier molecular flexibility index (Phi) is 9.35. The zero-order chi connectivity index (χ0) is 30.6. The zero-order valence-corrected chi connectivity index (χ0v) is 24.6. The fourth-order valence-electron chi connectivity index (χ4n) is 5.15. The van der Waals surface area contributed by atoms with Crippen LogP contribution in [-0.4, -0.2) is 40.4 Å². The van der Waals surface area contributed by atoms with E-state index < -0.39 is 0 Å². The van der Waals surface area contributed by atoms with Gasteiger partial charge in [0.05, 0.1) is 28.4 Å². The molecule has 10 nitrogen and oxygen atoms in total. The molecule has 0 atom stereocenters. The molecule has 0 amide bonds. The van der Waals surface area contributed by atoms with Crippen molar-refractivity contribution in [3.8, 4) is 22.6 Å². The molecule has 4 aromatic rings. The molecule has 0 spiro atoms. The number of ether oxygens (including phenoxy) is 4. The standard InChI is InChI=1S/C32H34O10/c1-17-13-23(37-3)29-21(33)15-19(9-7-11-25(35)39-5)41-31(29)27(17)28-18(2)14-24(38-4)30-22(34)16-20(42-32(28)30)10-8-12-26(36)40-6/h13-16H,7-12H2,1-6H3. The third kappa shape index (κ3) is 6.02. The number of carbonyl (C=O) groups is 2. The molecule has 2 heterocycles. The van der Waals surface area contributed by atoms with Crippen LogP contribution < -0.4 is 20.3 Å². The normalized spacial score (nSPS) is 11.1. The molecule has 42 heavy (non-hydrogen) atoms. The van der Waals surface area contributed by atoms with Crippen molar-refractivity contribution in [2.75, 3.05) is 28.4 Å². The molecule has 0 aliphatic rings. The van der Waals surface area contributed by atoms with Crippen LogP contribution in [0.3, 0.4) is 0 Å². The number of fused-ring (bicyclic) bond motifs is 2. The lowest BCUT2D eigenvalue weighted by Crippen LogP contribution is -2.09. The lowest BCUT2D eigenvalue weighted by molar-refractivity contribution is -0.141. The molecule has 0 radical (unpaired) electrons. The smallest absolute Gasteiger partial charge is 0.305 e. The van der Waals surface area contributed by atoms with Crippen molar-refractivity contribution in [3.05, 3.63) is 67.4 Å². The van der Waals surface area contributed by atoms with Gasteiger partial charge >= 0.3 is 11.9 Å². The monoisotopic (exact) mass is 578 g/mol. The van der Waals surface area contributed by atoms with Crippen LogP contribution >= 0.6 is 0 Å². The second-order valence-electron chi connectivity index (χ2n) is 9.96. The van der Waals surface area contributed by atoms with E-state index in [9.17, 15) is 19.2 Å². The topological polar surface area (TPSA) is 131 Å². The summed E-state index contributed by atoms with van der Waals surface area (Å²) in [5.74, 6) is 0.780. The number of methoxy groups -OCH3 is 4. The fourth-order valence-corrected chi connectivity index (χ4v) is 5.15. The Labute approximate surface area is 242 Å². The van der Waals surface area contributed by atoms with Gasteiger partial charge in [-0.15, -0.1) is 0 Å². The van der Waals surface area contributed by atoms with Crippen LogP contribution in [-0.2, 0) is 31.9 Å². The summed E-state index contributed by atoms with van der Waals surface area (Å²) < 4.78 is 33.3. The summed E-state index contributed by atoms with van der Waals surface area (Å²) in [5.41, 5.74) is 2.53. The Morgan fingerprint density at radius 2 is 1.02 bits per heavy atom. The van der Waals surface area contributed by atoms with E-state index in [4.69, 9.17) is 27.8 Å². The van der Waals surface area contributed by atoms with Crippen molar-refractivity contribution in [2.24, 2.45) is 0 Å². The SMILES string of the molecule is COC(=O)CCCc1cc(=O)c2c(OC)cc(C)c(-c3c(C)cc(OC)c4c(=O)cc(CCCC(=O)OC)oc34)c2o1. The van der Waals surface area contributed by atoms with Gasteiger partial charge in [-0.3, -0.25) is 19.2 Å². The van der Waals surface area contributed by atoms with E-state index in [2.05, 4.69) is 0 Å². The minimum atomic E-state index is -0.353. The first-order chi connectivity index (χ1) is 20.1. The molecule has 4 rings (SSSR count). The maximum Gasteiger partial charge on any atom is 0.305 e. The minimum Gasteiger partial charge on any atom is -0.496 e. The highest BCUT2D eigenvalue weighted by atomic mass is 16.5. The molecule has 0 bridgehead atoms. The van der Waals surface area contributed by atoms with Gasteiger partial charge in [-0.2, -0.15) is 0 Å². The van der Waals surface area contributed by atoms with Gasteiger partial charge in [-0.25, -0.2) is 0 Å². The molecule has 2 aromatic heterocycles. The Balaban J connectivity index is 2.00. The number of carbonyl (C=O) groups excluding carboxylic acids is 2. The van der Waals surface area contributed by atoms with Crippen molar-refractivity contribution in [2.45, 2.75) is 52.4 Å². The van der Waals surface area contributed by atoms with Crippen LogP contribution in [0.15, 0.2) is 42.7 Å². The number of esters is 2. The summed E-state index contributed by atoms with van der Waals surface area (Å²) in [6.07, 6.45) is 1.86. The highest BCUT2D eigenvalue weighted by molar-refractivity contribution is 6.06. The van der Waals surface area contributed by atoms with Crippen LogP contribution in [0, 0.1) is 13.8 Å². The number of hydrogen-bond donors (Lipinski definition) is 0. The quantitative estimate of drug-likeness (QED) is 0.219. The van der Waals surface area contributed by atoms with Crippen LogP contribution in [0.2, 0.25) is 0 Å². The summed E-state index contributed by atoms with van der Waals surface area (Å²) >= 11 is 0. The summed E-state index contributed by atoms with van der Waals surface area (Å²) in [6.45, 7) is 3.71. The van der Waals surface area contributed by atoms with Gasteiger partial charge in [-0.05, 0) is 49.9 Å². The van der Waals surface area contributed by atoms with Gasteiger partial charge < -0.3 is 27.8 Å². The van der Waals surface area contributed by atoms with Crippen molar-refractivity contribution >= 4 is 33.9 Å². The van der Waals surface area contributed by atoms with Gasteiger partial charge in [-0.1, -0.05) is 0 Å². The third-order valence-corrected chi connectivity index (χ3v) is 7.18. The Morgan fingerprint density at radius 3 is 1.36 bits per heavy atom. The molecule has 0 aliphatic carbocycles. The van der Waals surface area contributed by atoms with Crippen LogP contribution in [0.5, 0.6) is 11.5 Å². The predicted octanol–water partition coefficient (Wildman–Crippen LogP) is 5.19. The number of rotatable bonds is 11. The zero-order valence-electron chi connectivity index (χ0n) is 24.6. The maximum absolute atomic E-state index is 13.4. The lowest BCUT2D eigenvalue weighted by Gasteiger charge is -2.18. The Hall–Kier alpha value is -4.60. The van der Waals surface area contributed by atoms with E-state index >= 15 is 0 Å². The van der Waals surface area contributed by atoms with Gasteiger partial charge in [0.15, 0.2) is 10.9 Å². The summed E-state index contributed by atoms with van der Waals surface area (Å²) in [5, 5.41) is 0.490. The maximum atomic E-state index is 13.4. The Bertz CT molecular complexity index is 1650. The summed E-state index contributed by atoms with van der Waals surface area (Å²) in [4.78, 5) is 50.1. The second kappa shape index (κ2) is 12.9. The van der Waals surface area contributed by atoms with E-state index in [1.54, 1.807) is 12.1 Å². The van der Waals surface area contributed by atoms with Crippen LogP contribution in [0.25, 0.3) is 33.1 Å². The molecule has 0 unspecified atom stereocenters. The van der Waals surface area contributed by atoms with Crippen LogP contribution in [0.1, 0.15) is 48.3 Å². The van der Waals surface area contributed by atoms with Crippen molar-refractivity contribution in [1.82, 2.24) is 0 Å². The van der Waals surface area contributed by atoms with Gasteiger partial charge in [0.25, 0.3) is 0 Å². The molecule has 0 N–H and O–H groups in total. The first-order valence-electron chi connectivity index (χ1n) is 13.6. The average molecular weight is 579 g/mol. The highest BCUT2D eigenvalue weighted by Gasteiger charge is 2.25. The van der Waals surface area contributed by atoms with Crippen molar-refractivity contribution < 1.29 is 37.4 Å². The molecule has 2 aromatic carbocycles. The number of benzene rings is 2. The average Bonchev–Trinajstić information content (AvgIpc) is 2.96. The highest BCUT2D eigenvalue weighted by Crippen LogP contribution is 2.43. The molecule has 0 aliphatic heterocycles. The summed E-state index contributed by atoms with van der Waals surface area (Å²) in [7, 11) is 5.60.